The molecule has 0 radical (unpaired) electrons. The zero-order valence-corrected chi connectivity index (χ0v) is 19.2. The fourth-order valence-corrected chi connectivity index (χ4v) is 5.57. The number of hydrogen-bond donors (Lipinski definition) is 1. The van der Waals surface area contributed by atoms with Crippen molar-refractivity contribution in [3.8, 4) is 6.07 Å². The van der Waals surface area contributed by atoms with Gasteiger partial charge >= 0.3 is 0 Å². The summed E-state index contributed by atoms with van der Waals surface area (Å²) in [6.07, 6.45) is 0.642. The number of carbonyl (C=O) groups excluding carboxylic acids is 3. The number of hydrogen-bond acceptors (Lipinski definition) is 4. The highest BCUT2D eigenvalue weighted by Gasteiger charge is 2.57. The quantitative estimate of drug-likeness (QED) is 0.765. The van der Waals surface area contributed by atoms with Gasteiger partial charge in [0, 0.05) is 35.5 Å². The predicted octanol–water partition coefficient (Wildman–Crippen LogP) is 3.54. The van der Waals surface area contributed by atoms with Gasteiger partial charge in [0.25, 0.3) is 5.91 Å². The summed E-state index contributed by atoms with van der Waals surface area (Å²) in [6.45, 7) is 8.20. The highest BCUT2D eigenvalue weighted by Crippen LogP contribution is 2.47. The minimum absolute atomic E-state index is 0.100. The van der Waals surface area contributed by atoms with E-state index >= 15 is 0 Å². The van der Waals surface area contributed by atoms with E-state index in [1.54, 1.807) is 12.1 Å². The van der Waals surface area contributed by atoms with Crippen molar-refractivity contribution in [1.29, 1.82) is 5.26 Å². The van der Waals surface area contributed by atoms with Gasteiger partial charge in [-0.1, -0.05) is 56.8 Å². The summed E-state index contributed by atoms with van der Waals surface area (Å²) in [4.78, 5) is 43.5. The number of nitriles is 1. The molecular formula is C27H26N4O3. The summed E-state index contributed by atoms with van der Waals surface area (Å²) < 4.78 is 0. The van der Waals surface area contributed by atoms with Gasteiger partial charge in [-0.15, -0.1) is 0 Å². The molecule has 2 aromatic rings. The van der Waals surface area contributed by atoms with Crippen LogP contribution in [-0.2, 0) is 15.0 Å². The molecule has 1 saturated heterocycles. The van der Waals surface area contributed by atoms with Gasteiger partial charge in [0.2, 0.25) is 11.8 Å². The molecule has 3 aliphatic heterocycles. The van der Waals surface area contributed by atoms with Crippen LogP contribution >= 0.6 is 0 Å². The lowest BCUT2D eigenvalue weighted by molar-refractivity contribution is -0.136. The maximum absolute atomic E-state index is 14.0. The molecule has 5 rings (SSSR count). The molecule has 3 aliphatic rings. The molecule has 3 atom stereocenters. The second kappa shape index (κ2) is 7.84. The van der Waals surface area contributed by atoms with Crippen molar-refractivity contribution in [2.24, 2.45) is 5.92 Å². The first kappa shape index (κ1) is 21.9. The van der Waals surface area contributed by atoms with Crippen molar-refractivity contribution in [2.45, 2.75) is 44.2 Å². The first-order valence-electron chi connectivity index (χ1n) is 11.5. The molecule has 0 aliphatic carbocycles. The molecule has 2 aromatic carbocycles. The standard InChI is InChI=1S/C27H26N4O3/c1-16(2)12-23(31-17(3)19-8-4-5-9-20(19)24(31)32)25(33)30-15-27(13-18(30)14-28)21-10-6-7-11-22(21)29-26(27)34/h4-11,16,18,23H,3,12-13,15H2,1-2H3,(H,29,34)/t18?,23?,27-/m0/s1. The molecule has 34 heavy (non-hydrogen) atoms. The minimum atomic E-state index is -0.968. The van der Waals surface area contributed by atoms with Gasteiger partial charge in [0.05, 0.1) is 11.5 Å². The summed E-state index contributed by atoms with van der Waals surface area (Å²) in [5.74, 6) is -0.660. The van der Waals surface area contributed by atoms with Crippen molar-refractivity contribution in [1.82, 2.24) is 9.80 Å². The van der Waals surface area contributed by atoms with Crippen LogP contribution in [0.5, 0.6) is 0 Å². The van der Waals surface area contributed by atoms with E-state index in [2.05, 4.69) is 18.0 Å². The Balaban J connectivity index is 1.52. The Morgan fingerprint density at radius 3 is 2.53 bits per heavy atom. The lowest BCUT2D eigenvalue weighted by atomic mass is 9.80. The molecule has 1 spiro atoms. The molecule has 172 valence electrons. The maximum Gasteiger partial charge on any atom is 0.259 e. The second-order valence-electron chi connectivity index (χ2n) is 9.71. The van der Waals surface area contributed by atoms with E-state index in [-0.39, 0.29) is 36.6 Å². The number of anilines is 1. The van der Waals surface area contributed by atoms with Crippen LogP contribution in [0.25, 0.3) is 5.70 Å². The van der Waals surface area contributed by atoms with Crippen molar-refractivity contribution in [3.63, 3.8) is 0 Å². The number of benzene rings is 2. The molecule has 7 nitrogen and oxygen atoms in total. The summed E-state index contributed by atoms with van der Waals surface area (Å²) in [5, 5.41) is 12.9. The van der Waals surface area contributed by atoms with E-state index in [1.165, 1.54) is 9.80 Å². The SMILES string of the molecule is C=C1c2ccccc2C(=O)N1C(CC(C)C)C(=O)N1C[C@]2(CC1C#N)C(=O)Nc1ccccc12. The van der Waals surface area contributed by atoms with Gasteiger partial charge in [-0.05, 0) is 30.0 Å². The number of rotatable bonds is 4. The zero-order valence-electron chi connectivity index (χ0n) is 19.2. The Kier molecular flexibility index (Phi) is 5.05. The van der Waals surface area contributed by atoms with Gasteiger partial charge in [-0.25, -0.2) is 0 Å². The Morgan fingerprint density at radius 2 is 1.85 bits per heavy atom. The van der Waals surface area contributed by atoms with E-state index in [1.807, 2.05) is 50.2 Å². The van der Waals surface area contributed by atoms with E-state index in [4.69, 9.17) is 0 Å². The van der Waals surface area contributed by atoms with Crippen LogP contribution in [0.2, 0.25) is 0 Å². The molecule has 3 amide bonds. The third-order valence-electron chi connectivity index (χ3n) is 7.19. The number of amides is 3. The van der Waals surface area contributed by atoms with E-state index in [0.29, 0.717) is 23.2 Å². The van der Waals surface area contributed by atoms with E-state index in [9.17, 15) is 19.6 Å². The molecule has 0 saturated carbocycles. The number of likely N-dealkylation sites (tertiary alicyclic amines) is 1. The Hall–Kier alpha value is -3.92. The monoisotopic (exact) mass is 454 g/mol. The summed E-state index contributed by atoms with van der Waals surface area (Å²) in [5.41, 5.74) is 2.29. The number of fused-ring (bicyclic) bond motifs is 3. The highest BCUT2D eigenvalue weighted by molar-refractivity contribution is 6.11. The summed E-state index contributed by atoms with van der Waals surface area (Å²) in [6, 6.07) is 15.3. The Morgan fingerprint density at radius 1 is 1.18 bits per heavy atom. The smallest absolute Gasteiger partial charge is 0.259 e. The van der Waals surface area contributed by atoms with Crippen molar-refractivity contribution < 1.29 is 14.4 Å². The van der Waals surface area contributed by atoms with Crippen LogP contribution in [-0.4, -0.2) is 46.1 Å². The van der Waals surface area contributed by atoms with Gasteiger partial charge in [0.1, 0.15) is 12.1 Å². The van der Waals surface area contributed by atoms with Crippen LogP contribution in [0.3, 0.4) is 0 Å². The lowest BCUT2D eigenvalue weighted by Gasteiger charge is -2.33. The van der Waals surface area contributed by atoms with Gasteiger partial charge < -0.3 is 10.2 Å². The van der Waals surface area contributed by atoms with E-state index in [0.717, 1.165) is 11.3 Å². The highest BCUT2D eigenvalue weighted by atomic mass is 16.2. The van der Waals surface area contributed by atoms with E-state index < -0.39 is 17.5 Å². The zero-order chi connectivity index (χ0) is 24.2. The average molecular weight is 455 g/mol. The van der Waals surface area contributed by atoms with Crippen LogP contribution in [0.4, 0.5) is 5.69 Å². The van der Waals surface area contributed by atoms with Crippen LogP contribution in [0.1, 0.15) is 48.2 Å². The first-order chi connectivity index (χ1) is 16.3. The van der Waals surface area contributed by atoms with Crippen LogP contribution in [0.15, 0.2) is 55.1 Å². The molecule has 1 fully saturated rings. The normalized spacial score (nSPS) is 23.8. The average Bonchev–Trinajstić information content (AvgIpc) is 3.43. The molecule has 1 N–H and O–H groups in total. The number of nitrogens with zero attached hydrogens (tertiary/aromatic N) is 3. The van der Waals surface area contributed by atoms with Gasteiger partial charge in [-0.3, -0.25) is 19.3 Å². The number of para-hydroxylation sites is 1. The van der Waals surface area contributed by atoms with Crippen LogP contribution < -0.4 is 5.32 Å². The van der Waals surface area contributed by atoms with Gasteiger partial charge in [0.15, 0.2) is 0 Å². The molecule has 2 unspecified atom stereocenters. The topological polar surface area (TPSA) is 93.5 Å². The molecule has 3 heterocycles. The third kappa shape index (κ3) is 3.06. The molecule has 7 heteroatoms. The lowest BCUT2D eigenvalue weighted by Crippen LogP contribution is -2.51. The maximum atomic E-state index is 14.0. The predicted molar refractivity (Wildman–Crippen MR) is 127 cm³/mol. The van der Waals surface area contributed by atoms with Crippen molar-refractivity contribution in [3.05, 3.63) is 71.8 Å². The third-order valence-corrected chi connectivity index (χ3v) is 7.19. The largest absolute Gasteiger partial charge is 0.325 e. The second-order valence-corrected chi connectivity index (χ2v) is 9.71. The summed E-state index contributed by atoms with van der Waals surface area (Å²) >= 11 is 0. The Bertz CT molecular complexity index is 1240. The number of carbonyl (C=O) groups is 3. The van der Waals surface area contributed by atoms with Crippen LogP contribution in [0, 0.1) is 17.2 Å². The summed E-state index contributed by atoms with van der Waals surface area (Å²) in [7, 11) is 0. The molecule has 0 bridgehead atoms. The number of nitrogens with one attached hydrogen (secondary N) is 1. The van der Waals surface area contributed by atoms with Gasteiger partial charge in [-0.2, -0.15) is 5.26 Å². The molecular weight excluding hydrogens is 428 g/mol. The fraction of sp³-hybridized carbons (Fsp3) is 0.333. The Labute approximate surface area is 198 Å². The molecule has 0 aromatic heterocycles. The van der Waals surface area contributed by atoms with Crippen molar-refractivity contribution >= 4 is 29.1 Å². The van der Waals surface area contributed by atoms with Crippen molar-refractivity contribution in [2.75, 3.05) is 11.9 Å². The first-order valence-corrected chi connectivity index (χ1v) is 11.5. The minimum Gasteiger partial charge on any atom is -0.325 e. The fourth-order valence-electron chi connectivity index (χ4n) is 5.57.